The van der Waals surface area contributed by atoms with Crippen LogP contribution in [0.2, 0.25) is 0 Å². The molecule has 6 heteroatoms. The van der Waals surface area contributed by atoms with E-state index in [0.717, 1.165) is 35.2 Å². The van der Waals surface area contributed by atoms with Crippen molar-refractivity contribution in [2.24, 2.45) is 0 Å². The maximum atomic E-state index is 12.6. The Hall–Kier alpha value is -4.06. The number of rotatable bonds is 10. The number of carbonyl (C=O) groups excluding carboxylic acids is 1. The van der Waals surface area contributed by atoms with Crippen LogP contribution in [-0.2, 0) is 16.0 Å². The molecule has 0 fully saturated rings. The van der Waals surface area contributed by atoms with Crippen LogP contribution in [0.3, 0.4) is 0 Å². The Balaban J connectivity index is 1.61. The van der Waals surface area contributed by atoms with E-state index in [2.05, 4.69) is 17.4 Å². The van der Waals surface area contributed by atoms with E-state index in [9.17, 15) is 14.7 Å². The fraction of sp³-hybridized carbons (Fsp3) is 0.214. The summed E-state index contributed by atoms with van der Waals surface area (Å²) in [5.74, 6) is -1.19. The van der Waals surface area contributed by atoms with Gasteiger partial charge in [-0.05, 0) is 60.2 Å². The minimum Gasteiger partial charge on any atom is -0.487 e. The molecular formula is C28H30N2O4. The number of nitrogens with zero attached hydrogens (tertiary/aromatic N) is 1. The lowest BCUT2D eigenvalue weighted by molar-refractivity contribution is -0.136. The second kappa shape index (κ2) is 12.3. The number of carbonyl (C=O) groups is 2. The minimum absolute atomic E-state index is 0.0892. The number of amides is 2. The molecule has 0 aromatic heterocycles. The van der Waals surface area contributed by atoms with E-state index in [0.29, 0.717) is 6.54 Å². The molecule has 0 radical (unpaired) electrons. The van der Waals surface area contributed by atoms with Crippen molar-refractivity contribution in [3.8, 4) is 11.1 Å². The lowest BCUT2D eigenvalue weighted by atomic mass is 10.0. The molecule has 176 valence electrons. The van der Waals surface area contributed by atoms with Crippen molar-refractivity contribution in [3.63, 3.8) is 0 Å². The lowest BCUT2D eigenvalue weighted by Crippen LogP contribution is -2.37. The third-order valence-corrected chi connectivity index (χ3v) is 5.35. The molecule has 0 aliphatic carbocycles. The number of aryl methyl sites for hydroxylation is 1. The van der Waals surface area contributed by atoms with E-state index < -0.39 is 5.97 Å². The molecular weight excluding hydrogens is 428 g/mol. The Kier molecular flexibility index (Phi) is 8.86. The third-order valence-electron chi connectivity index (χ3n) is 5.35. The summed E-state index contributed by atoms with van der Waals surface area (Å²) in [6.45, 7) is 2.64. The zero-order valence-electron chi connectivity index (χ0n) is 19.5. The lowest BCUT2D eigenvalue weighted by Gasteiger charge is -2.19. The normalized spacial score (nSPS) is 11.1. The van der Waals surface area contributed by atoms with Crippen molar-refractivity contribution in [1.82, 2.24) is 5.32 Å². The van der Waals surface area contributed by atoms with Crippen LogP contribution in [0.4, 0.5) is 10.5 Å². The van der Waals surface area contributed by atoms with Crippen molar-refractivity contribution in [2.75, 3.05) is 25.1 Å². The number of nitrogens with one attached hydrogen (secondary N) is 1. The molecule has 6 nitrogen and oxygen atoms in total. The van der Waals surface area contributed by atoms with Crippen LogP contribution in [0.25, 0.3) is 17.2 Å². The van der Waals surface area contributed by atoms with Gasteiger partial charge in [-0.15, -0.1) is 0 Å². The average Bonchev–Trinajstić information content (AvgIpc) is 2.87. The van der Waals surface area contributed by atoms with Gasteiger partial charge >= 0.3 is 12.0 Å². The van der Waals surface area contributed by atoms with E-state index >= 15 is 0 Å². The van der Waals surface area contributed by atoms with Crippen LogP contribution in [0.1, 0.15) is 24.5 Å². The largest absolute Gasteiger partial charge is 0.487 e. The van der Waals surface area contributed by atoms with Crippen LogP contribution in [0.5, 0.6) is 0 Å². The van der Waals surface area contributed by atoms with E-state index in [4.69, 9.17) is 4.74 Å². The molecule has 3 aromatic carbocycles. The Morgan fingerprint density at radius 2 is 1.71 bits per heavy atom. The van der Waals surface area contributed by atoms with Crippen LogP contribution in [0.15, 0.2) is 84.6 Å². The number of anilines is 1. The summed E-state index contributed by atoms with van der Waals surface area (Å²) in [5.41, 5.74) is 4.70. The number of benzene rings is 3. The Bertz CT molecular complexity index is 1120. The summed E-state index contributed by atoms with van der Waals surface area (Å²) in [4.78, 5) is 25.5. The highest BCUT2D eigenvalue weighted by molar-refractivity contribution is 5.92. The van der Waals surface area contributed by atoms with Gasteiger partial charge in [0.15, 0.2) is 0 Å². The first-order valence-electron chi connectivity index (χ1n) is 11.3. The van der Waals surface area contributed by atoms with Gasteiger partial charge in [-0.1, -0.05) is 66.7 Å². The maximum Gasteiger partial charge on any atom is 0.371 e. The molecule has 0 heterocycles. The quantitative estimate of drug-likeness (QED) is 0.236. The Morgan fingerprint density at radius 1 is 0.971 bits per heavy atom. The SMILES string of the molecule is CCOC(=Cc1ccc(-c2cccc(N(C)C(=O)NCCCc3ccccc3)c2)cc1)C(=O)O. The summed E-state index contributed by atoms with van der Waals surface area (Å²) < 4.78 is 5.16. The monoisotopic (exact) mass is 458 g/mol. The molecule has 0 spiro atoms. The molecule has 3 aromatic rings. The zero-order valence-corrected chi connectivity index (χ0v) is 19.5. The van der Waals surface area contributed by atoms with Gasteiger partial charge in [-0.3, -0.25) is 4.90 Å². The van der Waals surface area contributed by atoms with Crippen molar-refractivity contribution in [1.29, 1.82) is 0 Å². The third kappa shape index (κ3) is 6.97. The fourth-order valence-corrected chi connectivity index (χ4v) is 3.51. The first-order valence-corrected chi connectivity index (χ1v) is 11.3. The first-order chi connectivity index (χ1) is 16.5. The molecule has 2 N–H and O–H groups in total. The van der Waals surface area contributed by atoms with E-state index in [1.165, 1.54) is 11.6 Å². The Morgan fingerprint density at radius 3 is 2.38 bits per heavy atom. The number of hydrogen-bond acceptors (Lipinski definition) is 3. The van der Waals surface area contributed by atoms with Crippen molar-refractivity contribution < 1.29 is 19.4 Å². The van der Waals surface area contributed by atoms with Gasteiger partial charge in [0.2, 0.25) is 5.76 Å². The van der Waals surface area contributed by atoms with Gasteiger partial charge in [0, 0.05) is 19.3 Å². The summed E-state index contributed by atoms with van der Waals surface area (Å²) in [6, 6.07) is 25.3. The van der Waals surface area contributed by atoms with Crippen LogP contribution < -0.4 is 10.2 Å². The minimum atomic E-state index is -1.10. The molecule has 0 bridgehead atoms. The van der Waals surface area contributed by atoms with Gasteiger partial charge in [-0.25, -0.2) is 9.59 Å². The predicted octanol–water partition coefficient (Wildman–Crippen LogP) is 5.59. The summed E-state index contributed by atoms with van der Waals surface area (Å²) >= 11 is 0. The van der Waals surface area contributed by atoms with Gasteiger partial charge in [0.1, 0.15) is 0 Å². The van der Waals surface area contributed by atoms with Gasteiger partial charge in [0.25, 0.3) is 0 Å². The van der Waals surface area contributed by atoms with E-state index in [1.54, 1.807) is 18.9 Å². The second-order valence-electron chi connectivity index (χ2n) is 7.80. The summed E-state index contributed by atoms with van der Waals surface area (Å²) in [6.07, 6.45) is 3.29. The second-order valence-corrected chi connectivity index (χ2v) is 7.80. The van der Waals surface area contributed by atoms with Crippen molar-refractivity contribution in [3.05, 3.63) is 95.7 Å². The highest BCUT2D eigenvalue weighted by Crippen LogP contribution is 2.25. The van der Waals surface area contributed by atoms with E-state index in [1.807, 2.05) is 66.7 Å². The molecule has 2 amide bonds. The highest BCUT2D eigenvalue weighted by Gasteiger charge is 2.12. The molecule has 0 aliphatic rings. The van der Waals surface area contributed by atoms with Crippen molar-refractivity contribution >= 4 is 23.8 Å². The molecule has 0 saturated carbocycles. The molecule has 34 heavy (non-hydrogen) atoms. The van der Waals surface area contributed by atoms with Crippen LogP contribution in [-0.4, -0.2) is 37.3 Å². The van der Waals surface area contributed by atoms with Gasteiger partial charge < -0.3 is 15.2 Å². The highest BCUT2D eigenvalue weighted by atomic mass is 16.5. The van der Waals surface area contributed by atoms with Crippen molar-refractivity contribution in [2.45, 2.75) is 19.8 Å². The molecule has 3 rings (SSSR count). The number of carboxylic acids is 1. The topological polar surface area (TPSA) is 78.9 Å². The van der Waals surface area contributed by atoms with E-state index in [-0.39, 0.29) is 18.4 Å². The average molecular weight is 459 g/mol. The molecule has 0 saturated heterocycles. The standard InChI is InChI=1S/C28H30N2O4/c1-3-34-26(27(31)32)19-22-14-16-23(17-15-22)24-12-7-13-25(20-24)30(2)28(33)29-18-8-11-21-9-5-4-6-10-21/h4-7,9-10,12-17,19-20H,3,8,11,18H2,1-2H3,(H,29,33)(H,31,32). The smallest absolute Gasteiger partial charge is 0.371 e. The summed E-state index contributed by atoms with van der Waals surface area (Å²) in [7, 11) is 1.75. The summed E-state index contributed by atoms with van der Waals surface area (Å²) in [5, 5.41) is 12.2. The number of urea groups is 1. The number of carboxylic acid groups (broad SMARTS) is 1. The predicted molar refractivity (Wildman–Crippen MR) is 136 cm³/mol. The number of ether oxygens (including phenoxy) is 1. The van der Waals surface area contributed by atoms with Gasteiger partial charge in [-0.2, -0.15) is 0 Å². The van der Waals surface area contributed by atoms with Gasteiger partial charge in [0.05, 0.1) is 6.61 Å². The molecule has 0 atom stereocenters. The van der Waals surface area contributed by atoms with Crippen LogP contribution >= 0.6 is 0 Å². The first kappa shape index (κ1) is 24.6. The Labute approximate surface area is 200 Å². The molecule has 0 aliphatic heterocycles. The zero-order chi connectivity index (χ0) is 24.3. The number of hydrogen-bond donors (Lipinski definition) is 2. The molecule has 0 unspecified atom stereocenters. The maximum absolute atomic E-state index is 12.6. The van der Waals surface area contributed by atoms with Crippen LogP contribution in [0, 0.1) is 0 Å². The number of aliphatic carboxylic acids is 1. The fourth-order valence-electron chi connectivity index (χ4n) is 3.51.